The fourth-order valence-electron chi connectivity index (χ4n) is 0.935. The molecular formula is C9H13ClN2O. The molecule has 0 aliphatic rings. The highest BCUT2D eigenvalue weighted by molar-refractivity contribution is 6.33. The Bertz CT molecular complexity index is 278. The molecule has 0 atom stereocenters. The summed E-state index contributed by atoms with van der Waals surface area (Å²) in [5.41, 5.74) is 7.11. The van der Waals surface area contributed by atoms with Crippen LogP contribution in [0.1, 0.15) is 0 Å². The van der Waals surface area contributed by atoms with Gasteiger partial charge in [-0.2, -0.15) is 0 Å². The van der Waals surface area contributed by atoms with Gasteiger partial charge in [0.05, 0.1) is 17.3 Å². The number of hydrogen-bond donors (Lipinski definition) is 2. The van der Waals surface area contributed by atoms with Gasteiger partial charge in [0.1, 0.15) is 0 Å². The minimum absolute atomic E-state index is 0.572. The molecule has 0 aliphatic carbocycles. The third-order valence-corrected chi connectivity index (χ3v) is 1.96. The van der Waals surface area contributed by atoms with Gasteiger partial charge in [-0.15, -0.1) is 0 Å². The van der Waals surface area contributed by atoms with E-state index in [0.717, 1.165) is 12.2 Å². The molecule has 4 heteroatoms. The lowest BCUT2D eigenvalue weighted by Gasteiger charge is -2.06. The summed E-state index contributed by atoms with van der Waals surface area (Å²) in [5.74, 6) is 0. The number of benzene rings is 1. The number of anilines is 2. The van der Waals surface area contributed by atoms with Crippen molar-refractivity contribution in [1.29, 1.82) is 0 Å². The lowest BCUT2D eigenvalue weighted by molar-refractivity contribution is 0.211. The minimum atomic E-state index is 0.572. The van der Waals surface area contributed by atoms with Gasteiger partial charge in [0.2, 0.25) is 0 Å². The first-order valence-corrected chi connectivity index (χ1v) is 4.39. The number of nitrogen functional groups attached to an aromatic ring is 1. The molecule has 72 valence electrons. The van der Waals surface area contributed by atoms with E-state index in [9.17, 15) is 0 Å². The number of hydrogen-bond acceptors (Lipinski definition) is 3. The molecule has 0 radical (unpaired) electrons. The smallest absolute Gasteiger partial charge is 0.0655 e. The number of ether oxygens (including phenoxy) is 1. The number of halogens is 1. The van der Waals surface area contributed by atoms with Crippen molar-refractivity contribution in [3.8, 4) is 0 Å². The molecule has 1 aromatic rings. The predicted octanol–water partition coefficient (Wildman–Crippen LogP) is 1.98. The molecule has 0 fully saturated rings. The highest BCUT2D eigenvalue weighted by atomic mass is 35.5. The summed E-state index contributed by atoms with van der Waals surface area (Å²) in [6.45, 7) is 1.43. The number of rotatable bonds is 4. The minimum Gasteiger partial charge on any atom is -0.398 e. The number of nitrogens with two attached hydrogens (primary N) is 1. The molecule has 1 rings (SSSR count). The molecule has 0 aliphatic heterocycles. The maximum absolute atomic E-state index is 5.83. The molecule has 0 unspecified atom stereocenters. The summed E-state index contributed by atoms with van der Waals surface area (Å²) in [5, 5.41) is 3.72. The summed E-state index contributed by atoms with van der Waals surface area (Å²) in [7, 11) is 1.66. The van der Waals surface area contributed by atoms with E-state index in [4.69, 9.17) is 22.1 Å². The third-order valence-electron chi connectivity index (χ3n) is 1.64. The summed E-state index contributed by atoms with van der Waals surface area (Å²) in [4.78, 5) is 0. The van der Waals surface area contributed by atoms with E-state index in [1.54, 1.807) is 19.2 Å². The van der Waals surface area contributed by atoms with Crippen molar-refractivity contribution in [2.75, 3.05) is 31.3 Å². The Morgan fingerprint density at radius 2 is 2.31 bits per heavy atom. The van der Waals surface area contributed by atoms with Crippen molar-refractivity contribution in [3.05, 3.63) is 23.2 Å². The second-order valence-corrected chi connectivity index (χ2v) is 3.06. The van der Waals surface area contributed by atoms with Crippen LogP contribution in [-0.4, -0.2) is 20.3 Å². The molecule has 0 saturated heterocycles. The van der Waals surface area contributed by atoms with Gasteiger partial charge in [0.15, 0.2) is 0 Å². The second-order valence-electron chi connectivity index (χ2n) is 2.66. The van der Waals surface area contributed by atoms with Gasteiger partial charge >= 0.3 is 0 Å². The van der Waals surface area contributed by atoms with Crippen LogP contribution >= 0.6 is 11.6 Å². The van der Waals surface area contributed by atoms with Gasteiger partial charge in [-0.05, 0) is 18.2 Å². The zero-order valence-electron chi connectivity index (χ0n) is 7.51. The largest absolute Gasteiger partial charge is 0.398 e. The monoisotopic (exact) mass is 200 g/mol. The van der Waals surface area contributed by atoms with E-state index in [-0.39, 0.29) is 0 Å². The molecule has 1 aromatic carbocycles. The fourth-order valence-corrected chi connectivity index (χ4v) is 1.12. The van der Waals surface area contributed by atoms with Crippen LogP contribution in [0.5, 0.6) is 0 Å². The average Bonchev–Trinajstić information content (AvgIpc) is 2.12. The van der Waals surface area contributed by atoms with Gasteiger partial charge in [-0.1, -0.05) is 11.6 Å². The molecule has 3 nitrogen and oxygen atoms in total. The summed E-state index contributed by atoms with van der Waals surface area (Å²) in [6, 6.07) is 5.46. The zero-order chi connectivity index (χ0) is 9.68. The number of methoxy groups -OCH3 is 1. The third kappa shape index (κ3) is 3.13. The molecule has 0 spiro atoms. The van der Waals surface area contributed by atoms with Crippen molar-refractivity contribution in [2.24, 2.45) is 0 Å². The van der Waals surface area contributed by atoms with Gasteiger partial charge in [0.25, 0.3) is 0 Å². The number of nitrogens with one attached hydrogen (secondary N) is 1. The van der Waals surface area contributed by atoms with Crippen LogP contribution in [0.25, 0.3) is 0 Å². The Balaban J connectivity index is 2.53. The Kier molecular flexibility index (Phi) is 3.86. The second kappa shape index (κ2) is 4.94. The van der Waals surface area contributed by atoms with Crippen LogP contribution in [0.2, 0.25) is 5.02 Å². The lowest BCUT2D eigenvalue weighted by Crippen LogP contribution is -2.07. The van der Waals surface area contributed by atoms with Crippen molar-refractivity contribution in [1.82, 2.24) is 0 Å². The summed E-state index contributed by atoms with van der Waals surface area (Å²) < 4.78 is 4.90. The molecule has 0 saturated carbocycles. The van der Waals surface area contributed by atoms with Gasteiger partial charge in [-0.3, -0.25) is 0 Å². The van der Waals surface area contributed by atoms with E-state index >= 15 is 0 Å². The Morgan fingerprint density at radius 1 is 1.54 bits per heavy atom. The van der Waals surface area contributed by atoms with E-state index in [2.05, 4.69) is 5.32 Å². The quantitative estimate of drug-likeness (QED) is 0.577. The first-order chi connectivity index (χ1) is 6.24. The van der Waals surface area contributed by atoms with Crippen molar-refractivity contribution in [2.45, 2.75) is 0 Å². The van der Waals surface area contributed by atoms with Crippen LogP contribution in [0.15, 0.2) is 18.2 Å². The normalized spacial score (nSPS) is 10.0. The fraction of sp³-hybridized carbons (Fsp3) is 0.333. The summed E-state index contributed by atoms with van der Waals surface area (Å²) >= 11 is 5.83. The molecular weight excluding hydrogens is 188 g/mol. The topological polar surface area (TPSA) is 47.3 Å². The highest BCUT2D eigenvalue weighted by Crippen LogP contribution is 2.22. The van der Waals surface area contributed by atoms with Gasteiger partial charge < -0.3 is 15.8 Å². The molecule has 0 heterocycles. The van der Waals surface area contributed by atoms with Crippen molar-refractivity contribution >= 4 is 23.0 Å². The van der Waals surface area contributed by atoms with Crippen molar-refractivity contribution < 1.29 is 4.74 Å². The lowest BCUT2D eigenvalue weighted by atomic mass is 10.3. The van der Waals surface area contributed by atoms with E-state index in [1.165, 1.54) is 0 Å². The first-order valence-electron chi connectivity index (χ1n) is 4.02. The predicted molar refractivity (Wildman–Crippen MR) is 56.2 cm³/mol. The first kappa shape index (κ1) is 10.2. The van der Waals surface area contributed by atoms with Crippen LogP contribution in [0.4, 0.5) is 11.4 Å². The highest BCUT2D eigenvalue weighted by Gasteiger charge is 1.96. The maximum atomic E-state index is 5.83. The van der Waals surface area contributed by atoms with E-state index in [1.807, 2.05) is 6.07 Å². The van der Waals surface area contributed by atoms with E-state index in [0.29, 0.717) is 17.3 Å². The Morgan fingerprint density at radius 3 is 2.92 bits per heavy atom. The molecule has 0 bridgehead atoms. The summed E-state index contributed by atoms with van der Waals surface area (Å²) in [6.07, 6.45) is 0. The SMILES string of the molecule is COCCNc1ccc(N)c(Cl)c1. The van der Waals surface area contributed by atoms with Crippen LogP contribution in [-0.2, 0) is 4.74 Å². The van der Waals surface area contributed by atoms with Gasteiger partial charge in [0, 0.05) is 19.3 Å². The molecule has 0 aromatic heterocycles. The van der Waals surface area contributed by atoms with E-state index < -0.39 is 0 Å². The maximum Gasteiger partial charge on any atom is 0.0655 e. The molecule has 0 amide bonds. The average molecular weight is 201 g/mol. The Hall–Kier alpha value is -0.930. The van der Waals surface area contributed by atoms with Crippen LogP contribution < -0.4 is 11.1 Å². The molecule has 3 N–H and O–H groups in total. The Labute approximate surface area is 82.8 Å². The van der Waals surface area contributed by atoms with Crippen LogP contribution in [0.3, 0.4) is 0 Å². The van der Waals surface area contributed by atoms with Crippen molar-refractivity contribution in [3.63, 3.8) is 0 Å². The van der Waals surface area contributed by atoms with Crippen LogP contribution in [0, 0.1) is 0 Å². The van der Waals surface area contributed by atoms with Gasteiger partial charge in [-0.25, -0.2) is 0 Å². The standard InChI is InChI=1S/C9H13ClN2O/c1-13-5-4-12-7-2-3-9(11)8(10)6-7/h2-3,6,12H,4-5,11H2,1H3. The zero-order valence-corrected chi connectivity index (χ0v) is 8.27. The molecule has 13 heavy (non-hydrogen) atoms.